The number of rotatable bonds is 5. The fourth-order valence-corrected chi connectivity index (χ4v) is 2.79. The zero-order valence-corrected chi connectivity index (χ0v) is 12.9. The Morgan fingerprint density at radius 2 is 1.86 bits per heavy atom. The highest BCUT2D eigenvalue weighted by Crippen LogP contribution is 2.39. The SMILES string of the molecule is COc1c(CCN)cc(CO)c(C)c1-c1ccccc1C. The monoisotopic (exact) mass is 285 g/mol. The van der Waals surface area contributed by atoms with Crippen LogP contribution in [0.4, 0.5) is 0 Å². The smallest absolute Gasteiger partial charge is 0.130 e. The number of hydrogen-bond acceptors (Lipinski definition) is 3. The van der Waals surface area contributed by atoms with Crippen LogP contribution >= 0.6 is 0 Å². The van der Waals surface area contributed by atoms with Gasteiger partial charge in [-0.3, -0.25) is 0 Å². The van der Waals surface area contributed by atoms with Crippen LogP contribution in [-0.2, 0) is 13.0 Å². The molecule has 0 spiro atoms. The van der Waals surface area contributed by atoms with Crippen LogP contribution in [0.25, 0.3) is 11.1 Å². The first-order chi connectivity index (χ1) is 10.1. The Bertz CT molecular complexity index is 635. The van der Waals surface area contributed by atoms with Crippen LogP contribution in [0, 0.1) is 13.8 Å². The number of benzene rings is 2. The molecular formula is C18H23NO2. The van der Waals surface area contributed by atoms with E-state index in [9.17, 15) is 5.11 Å². The third-order valence-corrected chi connectivity index (χ3v) is 3.93. The average molecular weight is 285 g/mol. The lowest BCUT2D eigenvalue weighted by atomic mass is 9.89. The summed E-state index contributed by atoms with van der Waals surface area (Å²) in [6, 6.07) is 10.2. The second-order valence-electron chi connectivity index (χ2n) is 5.24. The highest BCUT2D eigenvalue weighted by Gasteiger charge is 2.18. The molecule has 2 rings (SSSR count). The van der Waals surface area contributed by atoms with Crippen molar-refractivity contribution in [3.8, 4) is 16.9 Å². The first-order valence-corrected chi connectivity index (χ1v) is 7.20. The van der Waals surface area contributed by atoms with Gasteiger partial charge in [0.2, 0.25) is 0 Å². The Kier molecular flexibility index (Phi) is 4.99. The van der Waals surface area contributed by atoms with Gasteiger partial charge in [0.15, 0.2) is 0 Å². The van der Waals surface area contributed by atoms with E-state index in [2.05, 4.69) is 19.1 Å². The highest BCUT2D eigenvalue weighted by molar-refractivity contribution is 5.79. The molecule has 21 heavy (non-hydrogen) atoms. The minimum Gasteiger partial charge on any atom is -0.496 e. The number of aryl methyl sites for hydroxylation is 1. The van der Waals surface area contributed by atoms with E-state index in [1.165, 1.54) is 5.56 Å². The van der Waals surface area contributed by atoms with Crippen LogP contribution in [0.2, 0.25) is 0 Å². The fourth-order valence-electron chi connectivity index (χ4n) is 2.79. The molecule has 112 valence electrons. The van der Waals surface area contributed by atoms with Crippen molar-refractivity contribution in [3.63, 3.8) is 0 Å². The van der Waals surface area contributed by atoms with E-state index < -0.39 is 0 Å². The molecule has 0 heterocycles. The molecule has 0 aliphatic carbocycles. The van der Waals surface area contributed by atoms with E-state index in [0.717, 1.165) is 40.0 Å². The summed E-state index contributed by atoms with van der Waals surface area (Å²) in [6.45, 7) is 4.69. The minimum absolute atomic E-state index is 0.0201. The van der Waals surface area contributed by atoms with Gasteiger partial charge in [0.05, 0.1) is 13.7 Å². The summed E-state index contributed by atoms with van der Waals surface area (Å²) in [4.78, 5) is 0. The van der Waals surface area contributed by atoms with Gasteiger partial charge in [-0.2, -0.15) is 0 Å². The summed E-state index contributed by atoms with van der Waals surface area (Å²) < 4.78 is 5.68. The molecule has 0 bridgehead atoms. The van der Waals surface area contributed by atoms with E-state index in [1.807, 2.05) is 25.1 Å². The lowest BCUT2D eigenvalue weighted by molar-refractivity contribution is 0.280. The summed E-state index contributed by atoms with van der Waals surface area (Å²) in [5.41, 5.74) is 12.1. The van der Waals surface area contributed by atoms with Crippen molar-refractivity contribution in [3.05, 3.63) is 52.6 Å². The van der Waals surface area contributed by atoms with E-state index in [-0.39, 0.29) is 6.61 Å². The van der Waals surface area contributed by atoms with Gasteiger partial charge in [0.25, 0.3) is 0 Å². The molecule has 0 aliphatic rings. The van der Waals surface area contributed by atoms with E-state index in [1.54, 1.807) is 7.11 Å². The summed E-state index contributed by atoms with van der Waals surface area (Å²) in [7, 11) is 1.69. The van der Waals surface area contributed by atoms with Crippen molar-refractivity contribution >= 4 is 0 Å². The van der Waals surface area contributed by atoms with Crippen LogP contribution in [0.3, 0.4) is 0 Å². The Balaban J connectivity index is 2.78. The molecule has 0 saturated carbocycles. The molecular weight excluding hydrogens is 262 g/mol. The number of hydrogen-bond donors (Lipinski definition) is 2. The van der Waals surface area contributed by atoms with Gasteiger partial charge >= 0.3 is 0 Å². The van der Waals surface area contributed by atoms with Gasteiger partial charge in [-0.1, -0.05) is 24.3 Å². The van der Waals surface area contributed by atoms with Crippen LogP contribution in [0.1, 0.15) is 22.3 Å². The molecule has 0 amide bonds. The van der Waals surface area contributed by atoms with Crippen molar-refractivity contribution in [2.45, 2.75) is 26.9 Å². The second kappa shape index (κ2) is 6.74. The molecule has 0 unspecified atom stereocenters. The largest absolute Gasteiger partial charge is 0.496 e. The fraction of sp³-hybridized carbons (Fsp3) is 0.333. The third-order valence-electron chi connectivity index (χ3n) is 3.93. The standard InChI is InChI=1S/C18H23NO2/c1-12-6-4-5-7-16(12)17-13(2)15(11-20)10-14(8-9-19)18(17)21-3/h4-7,10,20H,8-9,11,19H2,1-3H3. The molecule has 0 fully saturated rings. The van der Waals surface area contributed by atoms with Gasteiger partial charge < -0.3 is 15.6 Å². The zero-order chi connectivity index (χ0) is 15.4. The Hall–Kier alpha value is -1.84. The quantitative estimate of drug-likeness (QED) is 0.888. The van der Waals surface area contributed by atoms with Crippen LogP contribution in [0.5, 0.6) is 5.75 Å². The maximum Gasteiger partial charge on any atom is 0.130 e. The first kappa shape index (κ1) is 15.5. The highest BCUT2D eigenvalue weighted by atomic mass is 16.5. The van der Waals surface area contributed by atoms with Gasteiger partial charge in [0, 0.05) is 5.56 Å². The lowest BCUT2D eigenvalue weighted by Gasteiger charge is -2.20. The molecule has 3 N–H and O–H groups in total. The number of aliphatic hydroxyl groups is 1. The number of aliphatic hydroxyl groups excluding tert-OH is 1. The Morgan fingerprint density at radius 3 is 2.43 bits per heavy atom. The molecule has 0 saturated heterocycles. The Labute approximate surface area is 126 Å². The maximum atomic E-state index is 9.64. The normalized spacial score (nSPS) is 10.7. The molecule has 0 atom stereocenters. The van der Waals surface area contributed by atoms with Gasteiger partial charge in [-0.25, -0.2) is 0 Å². The molecule has 2 aromatic carbocycles. The van der Waals surface area contributed by atoms with Crippen molar-refractivity contribution in [2.24, 2.45) is 5.73 Å². The summed E-state index contributed by atoms with van der Waals surface area (Å²) in [5, 5.41) is 9.64. The molecule has 2 aromatic rings. The second-order valence-corrected chi connectivity index (χ2v) is 5.24. The first-order valence-electron chi connectivity index (χ1n) is 7.20. The zero-order valence-electron chi connectivity index (χ0n) is 12.9. The van der Waals surface area contributed by atoms with E-state index in [4.69, 9.17) is 10.5 Å². The van der Waals surface area contributed by atoms with E-state index >= 15 is 0 Å². The van der Waals surface area contributed by atoms with Crippen molar-refractivity contribution in [2.75, 3.05) is 13.7 Å². The minimum atomic E-state index is 0.0201. The van der Waals surface area contributed by atoms with Crippen LogP contribution in [-0.4, -0.2) is 18.8 Å². The predicted molar refractivity (Wildman–Crippen MR) is 86.6 cm³/mol. The topological polar surface area (TPSA) is 55.5 Å². The third kappa shape index (κ3) is 2.94. The molecule has 0 aromatic heterocycles. The molecule has 0 radical (unpaired) electrons. The van der Waals surface area contributed by atoms with Crippen molar-refractivity contribution in [1.29, 1.82) is 0 Å². The van der Waals surface area contributed by atoms with Crippen molar-refractivity contribution in [1.82, 2.24) is 0 Å². The number of nitrogens with two attached hydrogens (primary N) is 1. The molecule has 3 nitrogen and oxygen atoms in total. The molecule has 0 aliphatic heterocycles. The predicted octanol–water partition coefficient (Wildman–Crippen LogP) is 2.97. The Morgan fingerprint density at radius 1 is 1.14 bits per heavy atom. The van der Waals surface area contributed by atoms with Crippen LogP contribution < -0.4 is 10.5 Å². The van der Waals surface area contributed by atoms with Crippen LogP contribution in [0.15, 0.2) is 30.3 Å². The molecule has 3 heteroatoms. The van der Waals surface area contributed by atoms with Gasteiger partial charge in [-0.15, -0.1) is 0 Å². The van der Waals surface area contributed by atoms with Crippen molar-refractivity contribution < 1.29 is 9.84 Å². The lowest BCUT2D eigenvalue weighted by Crippen LogP contribution is -2.07. The summed E-state index contributed by atoms with van der Waals surface area (Å²) in [5.74, 6) is 0.865. The summed E-state index contributed by atoms with van der Waals surface area (Å²) >= 11 is 0. The number of ether oxygens (including phenoxy) is 1. The van der Waals surface area contributed by atoms with Gasteiger partial charge in [0.1, 0.15) is 5.75 Å². The van der Waals surface area contributed by atoms with Gasteiger partial charge in [-0.05, 0) is 60.7 Å². The number of methoxy groups -OCH3 is 1. The maximum absolute atomic E-state index is 9.64. The average Bonchev–Trinajstić information content (AvgIpc) is 2.49. The van der Waals surface area contributed by atoms with E-state index in [0.29, 0.717) is 6.54 Å². The summed E-state index contributed by atoms with van der Waals surface area (Å²) in [6.07, 6.45) is 0.731.